The van der Waals surface area contributed by atoms with Crippen molar-refractivity contribution < 1.29 is 9.15 Å². The average Bonchev–Trinajstić information content (AvgIpc) is 2.68. The summed E-state index contributed by atoms with van der Waals surface area (Å²) in [6.07, 6.45) is 0.898. The van der Waals surface area contributed by atoms with Gasteiger partial charge < -0.3 is 20.2 Å². The Morgan fingerprint density at radius 3 is 2.70 bits per heavy atom. The van der Waals surface area contributed by atoms with Gasteiger partial charge in [-0.2, -0.15) is 0 Å². The largest absolute Gasteiger partial charge is 0.440 e. The molecule has 0 spiro atoms. The van der Waals surface area contributed by atoms with Crippen molar-refractivity contribution in [2.24, 2.45) is 10.7 Å². The first-order valence-electron chi connectivity index (χ1n) is 8.40. The molecule has 3 N–H and O–H groups in total. The number of hydrogen-bond donors (Lipinski definition) is 2. The number of halogens is 1. The smallest absolute Gasteiger partial charge is 0.344 e. The molecule has 2 aromatic carbocycles. The highest BCUT2D eigenvalue weighted by Gasteiger charge is 2.39. The number of rotatable bonds is 1. The normalized spacial score (nSPS) is 20.7. The molecule has 0 saturated carbocycles. The summed E-state index contributed by atoms with van der Waals surface area (Å²) in [6.45, 7) is 0. The van der Waals surface area contributed by atoms with Crippen molar-refractivity contribution in [2.45, 2.75) is 12.1 Å². The Morgan fingerprint density at radius 1 is 1.11 bits per heavy atom. The lowest BCUT2D eigenvalue weighted by Gasteiger charge is -2.33. The standard InChI is InChI=1S/C20H14BrN3O3/c21-11-7-5-10(6-8-11)14-15-17(27-19-16(14)18(22)23-9-24-19)12-3-1-2-4-13(12)26-20(15)25/h1-9,14,18H,22H2,(H,23,24)/t14-,18+/m0/s1. The van der Waals surface area contributed by atoms with E-state index in [1.54, 1.807) is 6.07 Å². The Morgan fingerprint density at radius 2 is 1.89 bits per heavy atom. The molecular formula is C20H14BrN3O3. The van der Waals surface area contributed by atoms with E-state index in [0.29, 0.717) is 28.4 Å². The summed E-state index contributed by atoms with van der Waals surface area (Å²) in [7, 11) is 0. The highest BCUT2D eigenvalue weighted by atomic mass is 79.9. The van der Waals surface area contributed by atoms with Gasteiger partial charge >= 0.3 is 5.63 Å². The summed E-state index contributed by atoms with van der Waals surface area (Å²) >= 11 is 3.45. The molecule has 7 heteroatoms. The number of nitrogens with two attached hydrogens (primary N) is 1. The second-order valence-electron chi connectivity index (χ2n) is 6.37. The van der Waals surface area contributed by atoms with Gasteiger partial charge in [0.25, 0.3) is 0 Å². The van der Waals surface area contributed by atoms with Crippen LogP contribution in [0.2, 0.25) is 0 Å². The Bertz CT molecular complexity index is 1180. The van der Waals surface area contributed by atoms with Crippen LogP contribution in [0.15, 0.2) is 78.7 Å². The molecule has 0 aliphatic carbocycles. The molecule has 0 amide bonds. The molecule has 3 heterocycles. The lowest BCUT2D eigenvalue weighted by molar-refractivity contribution is 0.358. The third-order valence-electron chi connectivity index (χ3n) is 4.82. The van der Waals surface area contributed by atoms with Gasteiger partial charge in [-0.3, -0.25) is 4.99 Å². The minimum absolute atomic E-state index is 0.419. The van der Waals surface area contributed by atoms with Crippen LogP contribution in [-0.2, 0) is 0 Å². The maximum absolute atomic E-state index is 12.9. The van der Waals surface area contributed by atoms with Gasteiger partial charge in [0.05, 0.1) is 17.3 Å². The van der Waals surface area contributed by atoms with Crippen LogP contribution in [0.4, 0.5) is 0 Å². The number of nitrogens with zero attached hydrogens (tertiary/aromatic N) is 1. The predicted molar refractivity (Wildman–Crippen MR) is 106 cm³/mol. The predicted octanol–water partition coefficient (Wildman–Crippen LogP) is 3.21. The van der Waals surface area contributed by atoms with Crippen LogP contribution in [0.25, 0.3) is 11.0 Å². The zero-order valence-corrected chi connectivity index (χ0v) is 15.6. The summed E-state index contributed by atoms with van der Waals surface area (Å²) in [5.74, 6) is 0.579. The van der Waals surface area contributed by atoms with Crippen LogP contribution >= 0.6 is 15.9 Å². The van der Waals surface area contributed by atoms with Crippen molar-refractivity contribution in [3.8, 4) is 5.75 Å². The van der Waals surface area contributed by atoms with Crippen molar-refractivity contribution >= 4 is 33.2 Å². The average molecular weight is 424 g/mol. The lowest BCUT2D eigenvalue weighted by atomic mass is 9.82. The number of benzene rings is 2. The van der Waals surface area contributed by atoms with E-state index in [1.807, 2.05) is 42.5 Å². The van der Waals surface area contributed by atoms with E-state index >= 15 is 0 Å². The second kappa shape index (κ2) is 6.07. The third-order valence-corrected chi connectivity index (χ3v) is 5.35. The highest BCUT2D eigenvalue weighted by molar-refractivity contribution is 9.10. The fourth-order valence-corrected chi connectivity index (χ4v) is 3.88. The number of fused-ring (bicyclic) bond motifs is 3. The molecule has 2 atom stereocenters. The molecule has 0 radical (unpaired) electrons. The molecule has 0 saturated heterocycles. The molecule has 0 fully saturated rings. The van der Waals surface area contributed by atoms with Gasteiger partial charge in [0.15, 0.2) is 5.75 Å². The molecule has 3 aromatic rings. The van der Waals surface area contributed by atoms with E-state index < -0.39 is 17.7 Å². The van der Waals surface area contributed by atoms with Crippen LogP contribution in [0.3, 0.4) is 0 Å². The number of nitrogens with one attached hydrogen (secondary N) is 1. The van der Waals surface area contributed by atoms with Crippen molar-refractivity contribution in [3.05, 3.63) is 86.0 Å². The first-order valence-corrected chi connectivity index (χ1v) is 9.19. The summed E-state index contributed by atoms with van der Waals surface area (Å²) < 4.78 is 12.6. The molecule has 2 aliphatic heterocycles. The zero-order valence-electron chi connectivity index (χ0n) is 14.0. The SMILES string of the molecule is N[C@@H]1N=CNC2=C1[C@@H](c1ccc(Br)cc1)c1c(c3ccccc3oc1=O)O2. The van der Waals surface area contributed by atoms with Gasteiger partial charge in [0.2, 0.25) is 5.88 Å². The van der Waals surface area contributed by atoms with Gasteiger partial charge in [-0.05, 0) is 29.8 Å². The Kier molecular flexibility index (Phi) is 3.66. The number of para-hydroxylation sites is 1. The van der Waals surface area contributed by atoms with Crippen LogP contribution in [0, 0.1) is 0 Å². The van der Waals surface area contributed by atoms with E-state index in [9.17, 15) is 4.79 Å². The number of hydrogen-bond acceptors (Lipinski definition) is 6. The summed E-state index contributed by atoms with van der Waals surface area (Å²) in [5, 5.41) is 3.77. The summed E-state index contributed by atoms with van der Waals surface area (Å²) in [5.41, 5.74) is 8.34. The van der Waals surface area contributed by atoms with E-state index in [-0.39, 0.29) is 0 Å². The Labute approximate surface area is 162 Å². The van der Waals surface area contributed by atoms with E-state index in [2.05, 4.69) is 26.2 Å². The van der Waals surface area contributed by atoms with Gasteiger partial charge in [0.1, 0.15) is 11.7 Å². The minimum Gasteiger partial charge on any atom is -0.440 e. The molecule has 134 valence electrons. The molecule has 0 unspecified atom stereocenters. The molecule has 6 nitrogen and oxygen atoms in total. The maximum atomic E-state index is 12.9. The quantitative estimate of drug-likeness (QED) is 0.586. The molecule has 0 bridgehead atoms. The van der Waals surface area contributed by atoms with E-state index in [1.165, 1.54) is 6.34 Å². The van der Waals surface area contributed by atoms with Gasteiger partial charge in [-0.1, -0.05) is 40.2 Å². The molecule has 2 aliphatic rings. The van der Waals surface area contributed by atoms with Gasteiger partial charge in [0, 0.05) is 16.0 Å². The first-order chi connectivity index (χ1) is 13.1. The van der Waals surface area contributed by atoms with Gasteiger partial charge in [-0.25, -0.2) is 4.79 Å². The van der Waals surface area contributed by atoms with Crippen LogP contribution in [0.5, 0.6) is 5.75 Å². The summed E-state index contributed by atoms with van der Waals surface area (Å²) in [6, 6.07) is 15.1. The highest BCUT2D eigenvalue weighted by Crippen LogP contribution is 2.45. The first kappa shape index (κ1) is 16.3. The number of ether oxygens (including phenoxy) is 1. The Hall–Kier alpha value is -2.90. The minimum atomic E-state index is -0.617. The Balaban J connectivity index is 1.84. The van der Waals surface area contributed by atoms with Crippen LogP contribution < -0.4 is 21.4 Å². The monoisotopic (exact) mass is 423 g/mol. The fraction of sp³-hybridized carbons (Fsp3) is 0.100. The van der Waals surface area contributed by atoms with Crippen LogP contribution in [-0.4, -0.2) is 12.5 Å². The van der Waals surface area contributed by atoms with Crippen molar-refractivity contribution in [1.82, 2.24) is 5.32 Å². The van der Waals surface area contributed by atoms with Crippen molar-refractivity contribution in [2.75, 3.05) is 0 Å². The number of aliphatic imine (C=N–C) groups is 1. The molecule has 27 heavy (non-hydrogen) atoms. The van der Waals surface area contributed by atoms with Gasteiger partial charge in [-0.15, -0.1) is 0 Å². The summed E-state index contributed by atoms with van der Waals surface area (Å²) in [4.78, 5) is 17.2. The molecular weight excluding hydrogens is 410 g/mol. The molecule has 1 aromatic heterocycles. The fourth-order valence-electron chi connectivity index (χ4n) is 3.62. The van der Waals surface area contributed by atoms with Crippen molar-refractivity contribution in [3.63, 3.8) is 0 Å². The maximum Gasteiger partial charge on any atom is 0.344 e. The third kappa shape index (κ3) is 2.50. The second-order valence-corrected chi connectivity index (χ2v) is 7.28. The van der Waals surface area contributed by atoms with Crippen LogP contribution in [0.1, 0.15) is 17.0 Å². The van der Waals surface area contributed by atoms with Crippen molar-refractivity contribution in [1.29, 1.82) is 0 Å². The zero-order chi connectivity index (χ0) is 18.5. The lowest BCUT2D eigenvalue weighted by Crippen LogP contribution is -2.39. The van der Waals surface area contributed by atoms with E-state index in [4.69, 9.17) is 14.9 Å². The van der Waals surface area contributed by atoms with E-state index in [0.717, 1.165) is 15.4 Å². The molecule has 5 rings (SSSR count). The topological polar surface area (TPSA) is 89.9 Å².